The van der Waals surface area contributed by atoms with Gasteiger partial charge in [-0.25, -0.2) is 0 Å². The van der Waals surface area contributed by atoms with Crippen LogP contribution in [0.2, 0.25) is 4.31 Å². The first-order valence-corrected chi connectivity index (χ1v) is 6.77. The van der Waals surface area contributed by atoms with Crippen molar-refractivity contribution >= 4 is 36.8 Å². The van der Waals surface area contributed by atoms with Gasteiger partial charge in [-0.1, -0.05) is 0 Å². The van der Waals surface area contributed by atoms with Gasteiger partial charge in [0.1, 0.15) is 0 Å². The fourth-order valence-corrected chi connectivity index (χ4v) is 5.14. The molecule has 1 aromatic rings. The molecule has 4 heteroatoms. The number of benzene rings is 1. The van der Waals surface area contributed by atoms with E-state index in [2.05, 4.69) is 0 Å². The summed E-state index contributed by atoms with van der Waals surface area (Å²) in [6.45, 7) is 0. The van der Waals surface area contributed by atoms with Crippen LogP contribution in [0.4, 0.5) is 0 Å². The molecule has 0 bridgehead atoms. The van der Waals surface area contributed by atoms with E-state index < -0.39 is 4.31 Å². The predicted octanol–water partition coefficient (Wildman–Crippen LogP) is 0.303. The Morgan fingerprint density at radius 2 is 1.62 bits per heavy atom. The monoisotopic (exact) mass is 280 g/mol. The molecule has 0 N–H and O–H groups in total. The zero-order valence-corrected chi connectivity index (χ0v) is 10.1. The summed E-state index contributed by atoms with van der Waals surface area (Å²) in [4.78, 5) is 35.9. The van der Waals surface area contributed by atoms with Crippen molar-refractivity contribution in [2.24, 2.45) is 0 Å². The van der Waals surface area contributed by atoms with Gasteiger partial charge in [-0.3, -0.25) is 0 Å². The molecule has 1 aliphatic heterocycles. The van der Waals surface area contributed by atoms with E-state index in [0.29, 0.717) is 5.56 Å². The molecule has 80 valence electrons. The minimum atomic E-state index is -1.28. The van der Waals surface area contributed by atoms with Crippen molar-refractivity contribution in [2.45, 2.75) is 17.2 Å². The molecule has 1 saturated carbocycles. The third-order valence-corrected chi connectivity index (χ3v) is 6.27. The van der Waals surface area contributed by atoms with Crippen molar-refractivity contribution in [1.29, 1.82) is 0 Å². The normalized spacial score (nSPS) is 21.9. The molecule has 0 atom stereocenters. The Kier molecular flexibility index (Phi) is 1.94. The molecule has 3 rings (SSSR count). The van der Waals surface area contributed by atoms with Crippen LogP contribution >= 0.6 is 0 Å². The molecule has 1 aliphatic carbocycles. The number of Topliss-reactive ketones (excluding diaryl/α,β-unsaturated/α-hetero) is 3. The molecule has 0 amide bonds. The number of hydrogen-bond donors (Lipinski definition) is 0. The van der Waals surface area contributed by atoms with Crippen LogP contribution in [0.5, 0.6) is 0 Å². The van der Waals surface area contributed by atoms with Gasteiger partial charge in [0.25, 0.3) is 0 Å². The van der Waals surface area contributed by atoms with Crippen molar-refractivity contribution in [3.05, 3.63) is 29.8 Å². The number of fused-ring (bicyclic) bond motifs is 1. The minimum absolute atomic E-state index is 0.168. The van der Waals surface area contributed by atoms with Gasteiger partial charge in [0.2, 0.25) is 0 Å². The van der Waals surface area contributed by atoms with Crippen LogP contribution in [0.3, 0.4) is 0 Å². The average Bonchev–Trinajstić information content (AvgIpc) is 2.74. The molecule has 1 fully saturated rings. The molecule has 0 aromatic heterocycles. The van der Waals surface area contributed by atoms with E-state index in [0.717, 1.165) is 4.46 Å². The zero-order chi connectivity index (χ0) is 11.3. The number of ketones is 3. The molecule has 1 spiro atoms. The van der Waals surface area contributed by atoms with Gasteiger partial charge in [-0.05, 0) is 0 Å². The van der Waals surface area contributed by atoms with Crippen LogP contribution in [0, 0.1) is 0 Å². The molecule has 1 aromatic carbocycles. The van der Waals surface area contributed by atoms with Crippen molar-refractivity contribution in [3.8, 4) is 0 Å². The van der Waals surface area contributed by atoms with Gasteiger partial charge in [-0.15, -0.1) is 0 Å². The molecular weight excluding hydrogens is 271 g/mol. The number of hydrogen-bond acceptors (Lipinski definition) is 3. The third kappa shape index (κ3) is 1.01. The van der Waals surface area contributed by atoms with Crippen molar-refractivity contribution in [2.75, 3.05) is 0 Å². The standard InChI is InChI=1S/C12H8O3Se/c13-9-5-6-10(14)12(9)11(15)7-3-1-2-4-8(7)16-12/h1-4H,5-6H2. The molecule has 0 unspecified atom stereocenters. The van der Waals surface area contributed by atoms with Crippen LogP contribution in [-0.4, -0.2) is 32.3 Å². The maximum atomic E-state index is 12.2. The van der Waals surface area contributed by atoms with Gasteiger partial charge in [-0.2, -0.15) is 0 Å². The summed E-state index contributed by atoms with van der Waals surface area (Å²) in [6, 6.07) is 7.18. The van der Waals surface area contributed by atoms with Crippen LogP contribution in [0.15, 0.2) is 24.3 Å². The molecule has 2 aliphatic rings. The summed E-state index contributed by atoms with van der Waals surface area (Å²) < 4.78 is -0.389. The second-order valence-electron chi connectivity index (χ2n) is 3.95. The molecule has 0 saturated heterocycles. The van der Waals surface area contributed by atoms with Crippen LogP contribution in [0.25, 0.3) is 0 Å². The SMILES string of the molecule is O=C1CCC(=O)C12[Se]c1ccccc1C2=O. The van der Waals surface area contributed by atoms with Crippen LogP contribution < -0.4 is 4.46 Å². The molecule has 16 heavy (non-hydrogen) atoms. The summed E-state index contributed by atoms with van der Waals surface area (Å²) >= 11 is -0.356. The van der Waals surface area contributed by atoms with E-state index in [9.17, 15) is 14.4 Å². The van der Waals surface area contributed by atoms with E-state index in [-0.39, 0.29) is 45.1 Å². The quantitative estimate of drug-likeness (QED) is 0.507. The molecule has 1 heterocycles. The van der Waals surface area contributed by atoms with E-state index in [1.54, 1.807) is 12.1 Å². The fourth-order valence-electron chi connectivity index (χ4n) is 2.25. The summed E-state index contributed by atoms with van der Waals surface area (Å²) in [6.07, 6.45) is 0.473. The summed E-state index contributed by atoms with van der Waals surface area (Å²) in [5.74, 6) is -0.590. The zero-order valence-electron chi connectivity index (χ0n) is 8.36. The van der Waals surface area contributed by atoms with Gasteiger partial charge in [0.05, 0.1) is 0 Å². The first kappa shape index (κ1) is 9.94. The Hall–Kier alpha value is -1.25. The Morgan fingerprint density at radius 3 is 2.25 bits per heavy atom. The summed E-state index contributed by atoms with van der Waals surface area (Å²) in [5, 5.41) is 0. The first-order valence-electron chi connectivity index (χ1n) is 5.06. The third-order valence-electron chi connectivity index (χ3n) is 3.08. The van der Waals surface area contributed by atoms with Gasteiger partial charge >= 0.3 is 98.1 Å². The first-order chi connectivity index (χ1) is 7.66. The number of rotatable bonds is 0. The topological polar surface area (TPSA) is 51.2 Å². The molecule has 3 nitrogen and oxygen atoms in total. The van der Waals surface area contributed by atoms with E-state index in [1.165, 1.54) is 0 Å². The summed E-state index contributed by atoms with van der Waals surface area (Å²) in [5.41, 5.74) is 0.575. The van der Waals surface area contributed by atoms with Crippen molar-refractivity contribution < 1.29 is 14.4 Å². The van der Waals surface area contributed by atoms with Gasteiger partial charge in [0.15, 0.2) is 0 Å². The Balaban J connectivity index is 2.20. The van der Waals surface area contributed by atoms with Crippen LogP contribution in [0.1, 0.15) is 23.2 Å². The van der Waals surface area contributed by atoms with E-state index >= 15 is 0 Å². The van der Waals surface area contributed by atoms with Crippen molar-refractivity contribution in [3.63, 3.8) is 0 Å². The van der Waals surface area contributed by atoms with Gasteiger partial charge < -0.3 is 0 Å². The predicted molar refractivity (Wildman–Crippen MR) is 58.1 cm³/mol. The van der Waals surface area contributed by atoms with E-state index in [4.69, 9.17) is 0 Å². The maximum absolute atomic E-state index is 12.2. The number of carbonyl (C=O) groups is 3. The molecule has 0 radical (unpaired) electrons. The number of carbonyl (C=O) groups excluding carboxylic acids is 3. The van der Waals surface area contributed by atoms with E-state index in [1.807, 2.05) is 12.1 Å². The summed E-state index contributed by atoms with van der Waals surface area (Å²) in [7, 11) is 0. The Morgan fingerprint density at radius 1 is 1.00 bits per heavy atom. The fraction of sp³-hybridized carbons (Fsp3) is 0.250. The van der Waals surface area contributed by atoms with Gasteiger partial charge in [0, 0.05) is 0 Å². The second kappa shape index (κ2) is 3.12. The molecular formula is C12H8O3Se. The Labute approximate surface area is 98.4 Å². The van der Waals surface area contributed by atoms with Crippen molar-refractivity contribution in [1.82, 2.24) is 0 Å². The van der Waals surface area contributed by atoms with Crippen LogP contribution in [-0.2, 0) is 9.59 Å². The second-order valence-corrected chi connectivity index (χ2v) is 6.59. The average molecular weight is 279 g/mol. The Bertz CT molecular complexity index is 517.